The number of hydrogen-bond acceptors (Lipinski definition) is 5. The molecule has 2 atom stereocenters. The van der Waals surface area contributed by atoms with Crippen LogP contribution in [-0.2, 0) is 9.53 Å². The van der Waals surface area contributed by atoms with Gasteiger partial charge >= 0.3 is 0 Å². The van der Waals surface area contributed by atoms with Gasteiger partial charge in [0.2, 0.25) is 0 Å². The molecule has 3 rings (SSSR count). The summed E-state index contributed by atoms with van der Waals surface area (Å²) in [5.41, 5.74) is 0. The van der Waals surface area contributed by atoms with Gasteiger partial charge in [0.25, 0.3) is 5.91 Å². The van der Waals surface area contributed by atoms with E-state index in [9.17, 15) is 4.79 Å². The van der Waals surface area contributed by atoms with Crippen molar-refractivity contribution in [3.63, 3.8) is 0 Å². The Balaban J connectivity index is 0.00000280. The highest BCUT2D eigenvalue weighted by molar-refractivity contribution is 14.0. The van der Waals surface area contributed by atoms with Crippen LogP contribution in [0.15, 0.2) is 22.5 Å². The minimum Gasteiger partial charge on any atom is -0.368 e. The maximum atomic E-state index is 12.5. The highest BCUT2D eigenvalue weighted by Crippen LogP contribution is 2.22. The molecule has 0 aromatic carbocycles. The third-order valence-electron chi connectivity index (χ3n) is 5.26. The number of nitrogens with zero attached hydrogens (tertiary/aromatic N) is 4. The van der Waals surface area contributed by atoms with Crippen molar-refractivity contribution in [3.8, 4) is 0 Å². The molecule has 0 bridgehead atoms. The fraction of sp³-hybridized carbons (Fsp3) is 0.684. The number of likely N-dealkylation sites (N-methyl/N-ethyl adjacent to an activating group) is 1. The van der Waals surface area contributed by atoms with E-state index in [0.717, 1.165) is 51.5 Å². The second-order valence-electron chi connectivity index (χ2n) is 7.24. The molecule has 7 nitrogen and oxygen atoms in total. The molecule has 2 unspecified atom stereocenters. The number of carbonyl (C=O) groups excluding carboxylic acids is 1. The smallest absolute Gasteiger partial charge is 0.251 e. The molecule has 9 heteroatoms. The van der Waals surface area contributed by atoms with E-state index in [4.69, 9.17) is 4.74 Å². The zero-order valence-corrected chi connectivity index (χ0v) is 20.1. The van der Waals surface area contributed by atoms with Crippen LogP contribution < -0.4 is 5.32 Å². The fourth-order valence-corrected chi connectivity index (χ4v) is 4.58. The van der Waals surface area contributed by atoms with E-state index in [1.807, 2.05) is 11.9 Å². The van der Waals surface area contributed by atoms with Crippen molar-refractivity contribution in [2.24, 2.45) is 4.99 Å². The monoisotopic (exact) mass is 521 g/mol. The SMILES string of the molecule is CN=C(NCC(c1cccs1)N(C)C)N1CCN(C(=O)C2CCCO2)CC1.I. The lowest BCUT2D eigenvalue weighted by atomic mass is 10.2. The molecule has 1 amide bonds. The number of carbonyl (C=O) groups is 1. The number of ether oxygens (including phenoxy) is 1. The van der Waals surface area contributed by atoms with Crippen molar-refractivity contribution in [1.82, 2.24) is 20.0 Å². The Kier molecular flexibility index (Phi) is 9.45. The van der Waals surface area contributed by atoms with Crippen molar-refractivity contribution in [1.29, 1.82) is 0 Å². The van der Waals surface area contributed by atoms with Crippen LogP contribution in [0.2, 0.25) is 0 Å². The summed E-state index contributed by atoms with van der Waals surface area (Å²) >= 11 is 1.78. The van der Waals surface area contributed by atoms with Gasteiger partial charge in [0.05, 0.1) is 6.04 Å². The average molecular weight is 521 g/mol. The average Bonchev–Trinajstić information content (AvgIpc) is 3.38. The third kappa shape index (κ3) is 5.80. The zero-order chi connectivity index (χ0) is 19.2. The summed E-state index contributed by atoms with van der Waals surface area (Å²) in [4.78, 5) is 24.7. The van der Waals surface area contributed by atoms with Crippen molar-refractivity contribution in [2.75, 3.05) is 60.5 Å². The molecule has 2 aliphatic heterocycles. The summed E-state index contributed by atoms with van der Waals surface area (Å²) in [6, 6.07) is 4.58. The largest absolute Gasteiger partial charge is 0.368 e. The van der Waals surface area contributed by atoms with Gasteiger partial charge in [-0.15, -0.1) is 35.3 Å². The number of piperazine rings is 1. The molecule has 0 saturated carbocycles. The summed E-state index contributed by atoms with van der Waals surface area (Å²) < 4.78 is 5.54. The summed E-state index contributed by atoms with van der Waals surface area (Å²) in [5, 5.41) is 5.64. The van der Waals surface area contributed by atoms with Gasteiger partial charge in [0.1, 0.15) is 6.10 Å². The molecule has 3 heterocycles. The summed E-state index contributed by atoms with van der Waals surface area (Å²) in [5.74, 6) is 1.06. The highest BCUT2D eigenvalue weighted by atomic mass is 127. The van der Waals surface area contributed by atoms with Crippen molar-refractivity contribution < 1.29 is 9.53 Å². The van der Waals surface area contributed by atoms with E-state index in [1.165, 1.54) is 4.88 Å². The standard InChI is InChI=1S/C19H31N5O2S.HI/c1-20-19(21-14-15(22(2)3)17-7-5-13-27-17)24-10-8-23(9-11-24)18(25)16-6-4-12-26-16;/h5,7,13,15-16H,4,6,8-12,14H2,1-3H3,(H,20,21);1H. The third-order valence-corrected chi connectivity index (χ3v) is 6.23. The fourth-order valence-electron chi connectivity index (χ4n) is 3.65. The van der Waals surface area contributed by atoms with Gasteiger partial charge in [0, 0.05) is 51.3 Å². The Morgan fingerprint density at radius 1 is 1.36 bits per heavy atom. The lowest BCUT2D eigenvalue weighted by Crippen LogP contribution is -2.55. The summed E-state index contributed by atoms with van der Waals surface area (Å²) in [7, 11) is 6.02. The van der Waals surface area contributed by atoms with Crippen molar-refractivity contribution in [3.05, 3.63) is 22.4 Å². The number of thiophene rings is 1. The van der Waals surface area contributed by atoms with E-state index < -0.39 is 0 Å². The Hall–Kier alpha value is -0.910. The molecular formula is C19H32IN5O2S. The summed E-state index contributed by atoms with van der Waals surface area (Å²) in [6.07, 6.45) is 1.63. The molecule has 28 heavy (non-hydrogen) atoms. The number of aliphatic imine (C=N–C) groups is 1. The van der Waals surface area contributed by atoms with Crippen molar-refractivity contribution in [2.45, 2.75) is 25.0 Å². The molecule has 2 fully saturated rings. The zero-order valence-electron chi connectivity index (χ0n) is 17.0. The van der Waals surface area contributed by atoms with Gasteiger partial charge in [-0.25, -0.2) is 0 Å². The molecule has 158 valence electrons. The van der Waals surface area contributed by atoms with Gasteiger partial charge < -0.3 is 24.8 Å². The molecule has 0 aliphatic carbocycles. The minimum absolute atomic E-state index is 0. The quantitative estimate of drug-likeness (QED) is 0.365. The maximum Gasteiger partial charge on any atom is 0.251 e. The molecule has 1 aromatic heterocycles. The predicted molar refractivity (Wildman–Crippen MR) is 125 cm³/mol. The van der Waals surface area contributed by atoms with Crippen LogP contribution in [0.25, 0.3) is 0 Å². The van der Waals surface area contributed by atoms with Gasteiger partial charge in [0.15, 0.2) is 5.96 Å². The predicted octanol–water partition coefficient (Wildman–Crippen LogP) is 1.87. The first-order chi connectivity index (χ1) is 13.1. The molecule has 0 radical (unpaired) electrons. The van der Waals surface area contributed by atoms with E-state index in [2.05, 4.69) is 51.7 Å². The Morgan fingerprint density at radius 3 is 2.61 bits per heavy atom. The van der Waals surface area contributed by atoms with E-state index in [0.29, 0.717) is 12.6 Å². The normalized spacial score (nSPS) is 21.6. The lowest BCUT2D eigenvalue weighted by Gasteiger charge is -2.37. The number of amides is 1. The second-order valence-corrected chi connectivity index (χ2v) is 8.22. The van der Waals surface area contributed by atoms with Crippen LogP contribution in [0.5, 0.6) is 0 Å². The van der Waals surface area contributed by atoms with Crippen LogP contribution in [-0.4, -0.2) is 93.1 Å². The molecule has 1 aromatic rings. The van der Waals surface area contributed by atoms with E-state index in [1.54, 1.807) is 11.3 Å². The van der Waals surface area contributed by atoms with Crippen LogP contribution in [0.1, 0.15) is 23.8 Å². The van der Waals surface area contributed by atoms with Crippen LogP contribution in [0, 0.1) is 0 Å². The van der Waals surface area contributed by atoms with Gasteiger partial charge in [-0.1, -0.05) is 6.07 Å². The number of hydrogen-bond donors (Lipinski definition) is 1. The molecule has 0 spiro atoms. The van der Waals surface area contributed by atoms with Gasteiger partial charge in [-0.3, -0.25) is 9.79 Å². The van der Waals surface area contributed by atoms with Crippen LogP contribution in [0.3, 0.4) is 0 Å². The number of rotatable bonds is 5. The molecule has 1 N–H and O–H groups in total. The molecular weight excluding hydrogens is 489 g/mol. The van der Waals surface area contributed by atoms with E-state index in [-0.39, 0.29) is 36.0 Å². The number of halogens is 1. The Morgan fingerprint density at radius 2 is 2.07 bits per heavy atom. The molecule has 2 aliphatic rings. The lowest BCUT2D eigenvalue weighted by molar-refractivity contribution is -0.142. The first kappa shape index (κ1) is 23.4. The van der Waals surface area contributed by atoms with Gasteiger partial charge in [-0.05, 0) is 38.4 Å². The first-order valence-electron chi connectivity index (χ1n) is 9.66. The first-order valence-corrected chi connectivity index (χ1v) is 10.5. The van der Waals surface area contributed by atoms with E-state index >= 15 is 0 Å². The number of nitrogens with one attached hydrogen (secondary N) is 1. The Labute approximate surface area is 189 Å². The van der Waals surface area contributed by atoms with Crippen molar-refractivity contribution >= 4 is 47.2 Å². The molecule has 2 saturated heterocycles. The topological polar surface area (TPSA) is 60.4 Å². The van der Waals surface area contributed by atoms with Gasteiger partial charge in [-0.2, -0.15) is 0 Å². The summed E-state index contributed by atoms with van der Waals surface area (Å²) in [6.45, 7) is 4.55. The van der Waals surface area contributed by atoms with Crippen LogP contribution >= 0.6 is 35.3 Å². The second kappa shape index (κ2) is 11.3. The number of guanidine groups is 1. The highest BCUT2D eigenvalue weighted by Gasteiger charge is 2.31. The van der Waals surface area contributed by atoms with Crippen LogP contribution in [0.4, 0.5) is 0 Å². The maximum absolute atomic E-state index is 12.5. The minimum atomic E-state index is -0.222. The Bertz CT molecular complexity index is 626.